The summed E-state index contributed by atoms with van der Waals surface area (Å²) in [5.41, 5.74) is 1.49. The molecule has 1 fully saturated rings. The summed E-state index contributed by atoms with van der Waals surface area (Å²) in [6.45, 7) is 0.632. The maximum Gasteiger partial charge on any atom is 0.152 e. The molecule has 0 radical (unpaired) electrons. The molecule has 0 saturated heterocycles. The number of hydrogen-bond donors (Lipinski definition) is 1. The van der Waals surface area contributed by atoms with Crippen molar-refractivity contribution in [3.05, 3.63) is 28.8 Å². The van der Waals surface area contributed by atoms with Crippen molar-refractivity contribution in [3.8, 4) is 0 Å². The van der Waals surface area contributed by atoms with Gasteiger partial charge in [-0.3, -0.25) is 4.79 Å². The van der Waals surface area contributed by atoms with E-state index in [4.69, 9.17) is 11.6 Å². The standard InChI is InChI=1S/C15H20ClNO2/c16-13-7-6-12(11-19)15(10-13)17(8-9-18)14-4-2-1-3-5-14/h6-7,10-11,14,18H,1-5,8-9H2. The molecule has 0 aliphatic heterocycles. The van der Waals surface area contributed by atoms with Crippen molar-refractivity contribution in [2.75, 3.05) is 18.1 Å². The van der Waals surface area contributed by atoms with Crippen LogP contribution in [0.2, 0.25) is 5.02 Å². The molecular formula is C15H20ClNO2. The van der Waals surface area contributed by atoms with Crippen LogP contribution in [0.1, 0.15) is 42.5 Å². The van der Waals surface area contributed by atoms with Crippen molar-refractivity contribution < 1.29 is 9.90 Å². The first-order chi connectivity index (χ1) is 9.26. The third-order valence-corrected chi connectivity index (χ3v) is 4.02. The lowest BCUT2D eigenvalue weighted by Gasteiger charge is -2.36. The average molecular weight is 282 g/mol. The summed E-state index contributed by atoms with van der Waals surface area (Å²) in [5, 5.41) is 9.92. The van der Waals surface area contributed by atoms with Gasteiger partial charge in [0.1, 0.15) is 0 Å². The molecule has 1 aromatic carbocycles. The highest BCUT2D eigenvalue weighted by Gasteiger charge is 2.23. The molecule has 104 valence electrons. The highest BCUT2D eigenvalue weighted by Crippen LogP contribution is 2.30. The Morgan fingerprint density at radius 3 is 2.68 bits per heavy atom. The summed E-state index contributed by atoms with van der Waals surface area (Å²) in [5.74, 6) is 0. The molecule has 19 heavy (non-hydrogen) atoms. The van der Waals surface area contributed by atoms with Gasteiger partial charge in [-0.25, -0.2) is 0 Å². The second kappa shape index (κ2) is 6.92. The number of halogens is 1. The Bertz CT molecular complexity index is 430. The smallest absolute Gasteiger partial charge is 0.152 e. The Labute approximate surface area is 119 Å². The van der Waals surface area contributed by atoms with E-state index in [0.29, 0.717) is 23.2 Å². The fraction of sp³-hybridized carbons (Fsp3) is 0.533. The molecule has 0 atom stereocenters. The second-order valence-electron chi connectivity index (χ2n) is 5.03. The van der Waals surface area contributed by atoms with E-state index in [1.807, 2.05) is 6.07 Å². The van der Waals surface area contributed by atoms with Crippen LogP contribution in [0.25, 0.3) is 0 Å². The van der Waals surface area contributed by atoms with Crippen LogP contribution < -0.4 is 4.90 Å². The minimum absolute atomic E-state index is 0.0846. The topological polar surface area (TPSA) is 40.5 Å². The summed E-state index contributed by atoms with van der Waals surface area (Å²) < 4.78 is 0. The van der Waals surface area contributed by atoms with E-state index in [1.54, 1.807) is 12.1 Å². The molecule has 1 aliphatic rings. The molecule has 1 aliphatic carbocycles. The normalized spacial score (nSPS) is 16.3. The number of carbonyl (C=O) groups is 1. The molecule has 0 spiro atoms. The molecule has 1 saturated carbocycles. The van der Waals surface area contributed by atoms with Crippen LogP contribution in [0.4, 0.5) is 5.69 Å². The summed E-state index contributed by atoms with van der Waals surface area (Å²) >= 11 is 6.05. The Hall–Kier alpha value is -1.06. The van der Waals surface area contributed by atoms with Gasteiger partial charge in [0.25, 0.3) is 0 Å². The van der Waals surface area contributed by atoms with Crippen LogP contribution in [0.5, 0.6) is 0 Å². The molecule has 2 rings (SSSR count). The number of benzene rings is 1. The third-order valence-electron chi connectivity index (χ3n) is 3.79. The van der Waals surface area contributed by atoms with Crippen molar-refractivity contribution in [2.45, 2.75) is 38.1 Å². The predicted molar refractivity (Wildman–Crippen MR) is 78.1 cm³/mol. The summed E-state index contributed by atoms with van der Waals surface area (Å²) in [4.78, 5) is 13.3. The van der Waals surface area contributed by atoms with Crippen LogP contribution in [-0.4, -0.2) is 30.6 Å². The van der Waals surface area contributed by atoms with Gasteiger partial charge in [0, 0.05) is 28.9 Å². The van der Waals surface area contributed by atoms with Crippen LogP contribution >= 0.6 is 11.6 Å². The number of aliphatic hydroxyl groups excluding tert-OH is 1. The third kappa shape index (κ3) is 3.48. The van der Waals surface area contributed by atoms with Crippen LogP contribution in [0.3, 0.4) is 0 Å². The first kappa shape index (κ1) is 14.4. The largest absolute Gasteiger partial charge is 0.395 e. The maximum absolute atomic E-state index is 11.2. The summed E-state index contributed by atoms with van der Waals surface area (Å²) in [7, 11) is 0. The number of nitrogens with zero attached hydrogens (tertiary/aromatic N) is 1. The van der Waals surface area contributed by atoms with E-state index in [0.717, 1.165) is 24.8 Å². The lowest BCUT2D eigenvalue weighted by atomic mass is 9.93. The number of rotatable bonds is 5. The molecule has 0 aromatic heterocycles. The van der Waals surface area contributed by atoms with Gasteiger partial charge in [0.15, 0.2) is 6.29 Å². The van der Waals surface area contributed by atoms with Gasteiger partial charge in [0.2, 0.25) is 0 Å². The Morgan fingerprint density at radius 1 is 1.32 bits per heavy atom. The number of aldehydes is 1. The van der Waals surface area contributed by atoms with E-state index in [9.17, 15) is 9.90 Å². The van der Waals surface area contributed by atoms with Crippen molar-refractivity contribution >= 4 is 23.6 Å². The van der Waals surface area contributed by atoms with Gasteiger partial charge in [-0.05, 0) is 31.0 Å². The molecule has 4 heteroatoms. The van der Waals surface area contributed by atoms with Crippen LogP contribution in [0.15, 0.2) is 18.2 Å². The molecule has 0 amide bonds. The summed E-state index contributed by atoms with van der Waals surface area (Å²) in [6, 6.07) is 5.71. The first-order valence-corrected chi connectivity index (χ1v) is 7.26. The maximum atomic E-state index is 11.2. The quantitative estimate of drug-likeness (QED) is 0.842. The molecule has 1 N–H and O–H groups in total. The molecule has 3 nitrogen and oxygen atoms in total. The van der Waals surface area contributed by atoms with E-state index in [1.165, 1.54) is 19.3 Å². The minimum atomic E-state index is 0.0846. The van der Waals surface area contributed by atoms with E-state index in [-0.39, 0.29) is 6.61 Å². The van der Waals surface area contributed by atoms with E-state index >= 15 is 0 Å². The lowest BCUT2D eigenvalue weighted by molar-refractivity contribution is 0.112. The van der Waals surface area contributed by atoms with Crippen molar-refractivity contribution in [2.24, 2.45) is 0 Å². The van der Waals surface area contributed by atoms with Crippen molar-refractivity contribution in [1.82, 2.24) is 0 Å². The zero-order valence-corrected chi connectivity index (χ0v) is 11.8. The fourth-order valence-corrected chi connectivity index (χ4v) is 3.03. The van der Waals surface area contributed by atoms with E-state index in [2.05, 4.69) is 4.90 Å². The first-order valence-electron chi connectivity index (χ1n) is 6.88. The van der Waals surface area contributed by atoms with Gasteiger partial charge in [-0.2, -0.15) is 0 Å². The lowest BCUT2D eigenvalue weighted by Crippen LogP contribution is -2.39. The van der Waals surface area contributed by atoms with Gasteiger partial charge >= 0.3 is 0 Å². The highest BCUT2D eigenvalue weighted by atomic mass is 35.5. The van der Waals surface area contributed by atoms with Gasteiger partial charge in [-0.1, -0.05) is 30.9 Å². The number of aliphatic hydroxyl groups is 1. The number of anilines is 1. The number of carbonyl (C=O) groups excluding carboxylic acids is 1. The van der Waals surface area contributed by atoms with Crippen LogP contribution in [0, 0.1) is 0 Å². The van der Waals surface area contributed by atoms with Crippen molar-refractivity contribution in [1.29, 1.82) is 0 Å². The predicted octanol–water partition coefficient (Wildman–Crippen LogP) is 3.28. The summed E-state index contributed by atoms with van der Waals surface area (Å²) in [6.07, 6.45) is 6.79. The average Bonchev–Trinajstić information content (AvgIpc) is 2.45. The Kier molecular flexibility index (Phi) is 5.23. The fourth-order valence-electron chi connectivity index (χ4n) is 2.87. The van der Waals surface area contributed by atoms with E-state index < -0.39 is 0 Å². The Morgan fingerprint density at radius 2 is 2.05 bits per heavy atom. The highest BCUT2D eigenvalue weighted by molar-refractivity contribution is 6.31. The number of hydrogen-bond acceptors (Lipinski definition) is 3. The zero-order valence-electron chi connectivity index (χ0n) is 11.0. The Balaban J connectivity index is 2.31. The molecule has 0 heterocycles. The second-order valence-corrected chi connectivity index (χ2v) is 5.47. The van der Waals surface area contributed by atoms with Gasteiger partial charge in [0.05, 0.1) is 6.61 Å². The van der Waals surface area contributed by atoms with Crippen LogP contribution in [-0.2, 0) is 0 Å². The van der Waals surface area contributed by atoms with Crippen molar-refractivity contribution in [3.63, 3.8) is 0 Å². The minimum Gasteiger partial charge on any atom is -0.395 e. The monoisotopic (exact) mass is 281 g/mol. The molecule has 0 bridgehead atoms. The SMILES string of the molecule is O=Cc1ccc(Cl)cc1N(CCO)C1CCCCC1. The zero-order chi connectivity index (χ0) is 13.7. The molecule has 1 aromatic rings. The van der Waals surface area contributed by atoms with Gasteiger partial charge < -0.3 is 10.0 Å². The molecule has 0 unspecified atom stereocenters. The van der Waals surface area contributed by atoms with Gasteiger partial charge in [-0.15, -0.1) is 0 Å². The molecular weight excluding hydrogens is 262 g/mol.